The maximum absolute atomic E-state index is 13.3. The third-order valence-corrected chi connectivity index (χ3v) is 7.07. The van der Waals surface area contributed by atoms with Gasteiger partial charge in [-0.15, -0.1) is 16.4 Å². The van der Waals surface area contributed by atoms with E-state index in [2.05, 4.69) is 25.9 Å². The molecule has 1 aliphatic heterocycles. The van der Waals surface area contributed by atoms with E-state index >= 15 is 0 Å². The van der Waals surface area contributed by atoms with Crippen molar-refractivity contribution < 1.29 is 17.9 Å². The number of benzene rings is 1. The van der Waals surface area contributed by atoms with Crippen molar-refractivity contribution >= 4 is 37.4 Å². The number of aryl methyl sites for hydroxylation is 1. The summed E-state index contributed by atoms with van der Waals surface area (Å²) in [5.41, 5.74) is 8.33. The number of hydrogen-bond acceptors (Lipinski definition) is 8. The zero-order valence-corrected chi connectivity index (χ0v) is 18.8. The number of ether oxygens (including phenoxy) is 1. The van der Waals surface area contributed by atoms with Gasteiger partial charge in [0.1, 0.15) is 27.3 Å². The highest BCUT2D eigenvalue weighted by Crippen LogP contribution is 2.39. The molecule has 0 bridgehead atoms. The summed E-state index contributed by atoms with van der Waals surface area (Å²) in [7, 11) is 1.63. The summed E-state index contributed by atoms with van der Waals surface area (Å²) >= 11 is 1.15. The summed E-state index contributed by atoms with van der Waals surface area (Å²) in [5.74, 6) is 1.37. The molecule has 6 rings (SSSR count). The van der Waals surface area contributed by atoms with Crippen LogP contribution in [0, 0.1) is 6.92 Å². The summed E-state index contributed by atoms with van der Waals surface area (Å²) in [4.78, 5) is 13.3. The molecule has 1 saturated heterocycles. The van der Waals surface area contributed by atoms with E-state index in [0.717, 1.165) is 35.1 Å². The van der Waals surface area contributed by atoms with Crippen LogP contribution in [-0.2, 0) is 6.18 Å². The van der Waals surface area contributed by atoms with Crippen LogP contribution < -0.4 is 15.6 Å². The average Bonchev–Trinajstić information content (AvgIpc) is 3.54. The molecule has 8 nitrogen and oxygen atoms in total. The molecule has 2 unspecified atom stereocenters. The maximum Gasteiger partial charge on any atom is 0.433 e. The van der Waals surface area contributed by atoms with Gasteiger partial charge in [-0.05, 0) is 42.7 Å². The molecule has 0 amide bonds. The first kappa shape index (κ1) is 21.2. The number of halogens is 3. The molecule has 1 fully saturated rings. The number of fused-ring (bicyclic) bond motifs is 5. The number of thiophene rings is 1. The van der Waals surface area contributed by atoms with E-state index in [1.807, 2.05) is 24.3 Å². The number of pyridine rings is 1. The number of rotatable bonds is 3. The molecule has 4 aromatic heterocycles. The highest BCUT2D eigenvalue weighted by molar-refractivity contribution is 7.26. The van der Waals surface area contributed by atoms with E-state index in [1.54, 1.807) is 24.9 Å². The minimum atomic E-state index is -4.51. The first-order chi connectivity index (χ1) is 16.3. The van der Waals surface area contributed by atoms with Gasteiger partial charge in [0.05, 0.1) is 18.7 Å². The first-order valence-electron chi connectivity index (χ1n) is 10.5. The molecule has 1 aliphatic rings. The predicted octanol–water partition coefficient (Wildman–Crippen LogP) is 4.50. The van der Waals surface area contributed by atoms with Crippen LogP contribution in [0.2, 0.25) is 0 Å². The average molecular weight is 485 g/mol. The Morgan fingerprint density at radius 2 is 1.88 bits per heavy atom. The number of nitrogens with zero attached hydrogens (tertiary/aromatic N) is 5. The Hall–Kier alpha value is -3.35. The molecule has 2 atom stereocenters. The standard InChI is InChI=1S/C22H18F3N7OS/c1-10-7-15(22(23,24)25)27-21-16(10)17-18(34-21)20-28-19(31-32(20)9-26-17)14-8-13(29-30-14)11-3-5-12(33-2)6-4-11/h3-7,9,13-14,29-30H,8H2,1-2H3. The fraction of sp³-hybridized carbons (Fsp3) is 0.273. The monoisotopic (exact) mass is 485 g/mol. The maximum atomic E-state index is 13.3. The number of nitrogens with one attached hydrogen (secondary N) is 2. The Morgan fingerprint density at radius 1 is 1.12 bits per heavy atom. The van der Waals surface area contributed by atoms with E-state index in [-0.39, 0.29) is 16.9 Å². The molecule has 0 spiro atoms. The largest absolute Gasteiger partial charge is 0.497 e. The number of aromatic nitrogens is 5. The zero-order valence-electron chi connectivity index (χ0n) is 18.0. The van der Waals surface area contributed by atoms with Gasteiger partial charge < -0.3 is 4.74 Å². The van der Waals surface area contributed by atoms with Crippen molar-refractivity contribution in [2.75, 3.05) is 7.11 Å². The lowest BCUT2D eigenvalue weighted by atomic mass is 10.0. The molecule has 174 valence electrons. The second-order valence-electron chi connectivity index (χ2n) is 8.17. The van der Waals surface area contributed by atoms with Crippen molar-refractivity contribution in [2.45, 2.75) is 31.6 Å². The van der Waals surface area contributed by atoms with Crippen molar-refractivity contribution in [2.24, 2.45) is 0 Å². The Bertz CT molecular complexity index is 1540. The van der Waals surface area contributed by atoms with E-state index in [0.29, 0.717) is 32.6 Å². The van der Waals surface area contributed by atoms with Crippen LogP contribution in [0.3, 0.4) is 0 Å². The van der Waals surface area contributed by atoms with Crippen LogP contribution in [0.5, 0.6) is 5.75 Å². The van der Waals surface area contributed by atoms with Gasteiger partial charge in [0.2, 0.25) is 0 Å². The molecule has 0 aliphatic carbocycles. The summed E-state index contributed by atoms with van der Waals surface area (Å²) in [6.45, 7) is 1.64. The molecule has 2 N–H and O–H groups in total. The van der Waals surface area contributed by atoms with Gasteiger partial charge in [0.15, 0.2) is 11.5 Å². The Balaban J connectivity index is 1.37. The molecule has 34 heavy (non-hydrogen) atoms. The molecule has 12 heteroatoms. The van der Waals surface area contributed by atoms with Gasteiger partial charge in [-0.2, -0.15) is 13.2 Å². The van der Waals surface area contributed by atoms with Crippen LogP contribution >= 0.6 is 11.3 Å². The lowest BCUT2D eigenvalue weighted by Crippen LogP contribution is -2.27. The molecular weight excluding hydrogens is 467 g/mol. The zero-order chi connectivity index (χ0) is 23.6. The highest BCUT2D eigenvalue weighted by Gasteiger charge is 2.34. The number of hydrogen-bond donors (Lipinski definition) is 2. The van der Waals surface area contributed by atoms with Crippen LogP contribution in [0.4, 0.5) is 13.2 Å². The second-order valence-corrected chi connectivity index (χ2v) is 9.17. The van der Waals surface area contributed by atoms with Crippen LogP contribution in [0.1, 0.15) is 41.1 Å². The topological polar surface area (TPSA) is 89.3 Å². The Kier molecular flexibility index (Phi) is 4.73. The van der Waals surface area contributed by atoms with Gasteiger partial charge in [-0.1, -0.05) is 12.1 Å². The molecule has 5 aromatic rings. The summed E-state index contributed by atoms with van der Waals surface area (Å²) < 4.78 is 47.2. The third kappa shape index (κ3) is 3.37. The van der Waals surface area contributed by atoms with Crippen molar-refractivity contribution in [1.29, 1.82) is 0 Å². The van der Waals surface area contributed by atoms with Crippen molar-refractivity contribution in [3.8, 4) is 5.75 Å². The SMILES string of the molecule is COc1ccc(C2CC(c3nc4c5sc6nc(C(F)(F)F)cc(C)c6c5ncn4n3)NN2)cc1. The minimum Gasteiger partial charge on any atom is -0.497 e. The lowest BCUT2D eigenvalue weighted by molar-refractivity contribution is -0.141. The van der Waals surface area contributed by atoms with Crippen molar-refractivity contribution in [3.05, 3.63) is 59.3 Å². The van der Waals surface area contributed by atoms with Crippen molar-refractivity contribution in [1.82, 2.24) is 35.4 Å². The number of methoxy groups -OCH3 is 1. The second kappa shape index (κ2) is 7.58. The predicted molar refractivity (Wildman–Crippen MR) is 121 cm³/mol. The first-order valence-corrected chi connectivity index (χ1v) is 11.3. The van der Waals surface area contributed by atoms with Crippen molar-refractivity contribution in [3.63, 3.8) is 0 Å². The van der Waals surface area contributed by atoms with Crippen LogP contribution in [0.15, 0.2) is 36.7 Å². The van der Waals surface area contributed by atoms with Gasteiger partial charge in [-0.3, -0.25) is 0 Å². The lowest BCUT2D eigenvalue weighted by Gasteiger charge is -2.10. The smallest absolute Gasteiger partial charge is 0.433 e. The van der Waals surface area contributed by atoms with Crippen LogP contribution in [-0.4, -0.2) is 31.7 Å². The molecule has 0 radical (unpaired) electrons. The van der Waals surface area contributed by atoms with Gasteiger partial charge >= 0.3 is 6.18 Å². The van der Waals surface area contributed by atoms with Crippen LogP contribution in [0.25, 0.3) is 26.1 Å². The van der Waals surface area contributed by atoms with Gasteiger partial charge in [0, 0.05) is 11.4 Å². The molecular formula is C22H18F3N7OS. The minimum absolute atomic E-state index is 0.0672. The molecule has 5 heterocycles. The fourth-order valence-electron chi connectivity index (χ4n) is 4.30. The Morgan fingerprint density at radius 3 is 2.62 bits per heavy atom. The summed E-state index contributed by atoms with van der Waals surface area (Å²) in [6.07, 6.45) is -2.25. The van der Waals surface area contributed by atoms with E-state index in [4.69, 9.17) is 9.72 Å². The van der Waals surface area contributed by atoms with Gasteiger partial charge in [-0.25, -0.2) is 30.3 Å². The van der Waals surface area contributed by atoms with E-state index in [1.165, 1.54) is 0 Å². The fourth-order valence-corrected chi connectivity index (χ4v) is 5.48. The highest BCUT2D eigenvalue weighted by atomic mass is 32.1. The summed E-state index contributed by atoms with van der Waals surface area (Å²) in [5, 5.41) is 5.19. The molecule has 1 aromatic carbocycles. The quantitative estimate of drug-likeness (QED) is 0.389. The van der Waals surface area contributed by atoms with E-state index in [9.17, 15) is 13.2 Å². The van der Waals surface area contributed by atoms with Gasteiger partial charge in [0.25, 0.3) is 0 Å². The van der Waals surface area contributed by atoms with E-state index < -0.39 is 11.9 Å². The number of alkyl halides is 3. The number of hydrazine groups is 1. The normalized spacial score (nSPS) is 19.0. The molecule has 0 saturated carbocycles. The summed E-state index contributed by atoms with van der Waals surface area (Å²) in [6, 6.07) is 8.82. The Labute approximate surface area is 194 Å². The third-order valence-electron chi connectivity index (χ3n) is 6.00.